The standard InChI is InChI=1S/C8H12O3/c1-6(8(10)11-3)4-5-7(2)9/h4H,5H2,1-3H3. The number of allylic oxidation sites excluding steroid dienone is 1. The smallest absolute Gasteiger partial charge is 0.333 e. The van der Waals surface area contributed by atoms with Crippen LogP contribution in [-0.2, 0) is 14.3 Å². The predicted molar refractivity (Wildman–Crippen MR) is 41.1 cm³/mol. The lowest BCUT2D eigenvalue weighted by atomic mass is 10.2. The topological polar surface area (TPSA) is 43.4 Å². The first-order chi connectivity index (χ1) is 5.07. The highest BCUT2D eigenvalue weighted by molar-refractivity contribution is 5.88. The number of ether oxygens (including phenoxy) is 1. The Morgan fingerprint density at radius 1 is 1.36 bits per heavy atom. The summed E-state index contributed by atoms with van der Waals surface area (Å²) in [7, 11) is 1.31. The highest BCUT2D eigenvalue weighted by atomic mass is 16.5. The minimum atomic E-state index is -0.383. The van der Waals surface area contributed by atoms with Crippen molar-refractivity contribution in [2.24, 2.45) is 0 Å². The van der Waals surface area contributed by atoms with Gasteiger partial charge in [-0.3, -0.25) is 4.79 Å². The number of carbonyl (C=O) groups excluding carboxylic acids is 2. The molecule has 0 atom stereocenters. The number of methoxy groups -OCH3 is 1. The first kappa shape index (κ1) is 9.88. The van der Waals surface area contributed by atoms with Crippen molar-refractivity contribution in [1.82, 2.24) is 0 Å². The van der Waals surface area contributed by atoms with E-state index in [0.717, 1.165) is 0 Å². The minimum Gasteiger partial charge on any atom is -0.466 e. The summed E-state index contributed by atoms with van der Waals surface area (Å²) in [6, 6.07) is 0. The quantitative estimate of drug-likeness (QED) is 0.453. The van der Waals surface area contributed by atoms with Gasteiger partial charge >= 0.3 is 5.97 Å². The van der Waals surface area contributed by atoms with E-state index in [0.29, 0.717) is 12.0 Å². The monoisotopic (exact) mass is 156 g/mol. The third kappa shape index (κ3) is 4.31. The van der Waals surface area contributed by atoms with Crippen LogP contribution in [0.15, 0.2) is 11.6 Å². The summed E-state index contributed by atoms with van der Waals surface area (Å²) < 4.78 is 4.43. The number of hydrogen-bond acceptors (Lipinski definition) is 3. The molecule has 0 rings (SSSR count). The molecule has 0 unspecified atom stereocenters. The van der Waals surface area contributed by atoms with Crippen molar-refractivity contribution in [3.63, 3.8) is 0 Å². The number of rotatable bonds is 3. The van der Waals surface area contributed by atoms with Gasteiger partial charge in [0, 0.05) is 12.0 Å². The lowest BCUT2D eigenvalue weighted by Crippen LogP contribution is -2.02. The van der Waals surface area contributed by atoms with Gasteiger partial charge in [0.2, 0.25) is 0 Å². The van der Waals surface area contributed by atoms with Crippen molar-refractivity contribution < 1.29 is 14.3 Å². The zero-order chi connectivity index (χ0) is 8.85. The molecule has 3 heteroatoms. The summed E-state index contributed by atoms with van der Waals surface area (Å²) in [5, 5.41) is 0. The SMILES string of the molecule is COC(=O)C(C)=CCC(C)=O. The third-order valence-electron chi connectivity index (χ3n) is 1.20. The van der Waals surface area contributed by atoms with E-state index >= 15 is 0 Å². The first-order valence-electron chi connectivity index (χ1n) is 3.32. The van der Waals surface area contributed by atoms with Crippen LogP contribution in [0, 0.1) is 0 Å². The molecule has 62 valence electrons. The van der Waals surface area contributed by atoms with Crippen LogP contribution >= 0.6 is 0 Å². The maximum Gasteiger partial charge on any atom is 0.333 e. The van der Waals surface area contributed by atoms with Gasteiger partial charge in [-0.1, -0.05) is 6.08 Å². The van der Waals surface area contributed by atoms with Gasteiger partial charge in [0.05, 0.1) is 7.11 Å². The highest BCUT2D eigenvalue weighted by Crippen LogP contribution is 1.97. The van der Waals surface area contributed by atoms with Gasteiger partial charge in [-0.2, -0.15) is 0 Å². The Balaban J connectivity index is 4.00. The molecule has 0 saturated heterocycles. The van der Waals surface area contributed by atoms with Gasteiger partial charge in [-0.15, -0.1) is 0 Å². The number of esters is 1. The molecular weight excluding hydrogens is 144 g/mol. The van der Waals surface area contributed by atoms with Crippen molar-refractivity contribution >= 4 is 11.8 Å². The second kappa shape index (κ2) is 4.66. The summed E-state index contributed by atoms with van der Waals surface area (Å²) in [6.45, 7) is 3.09. The van der Waals surface area contributed by atoms with Crippen LogP contribution in [0.25, 0.3) is 0 Å². The molecule has 11 heavy (non-hydrogen) atoms. The number of hydrogen-bond donors (Lipinski definition) is 0. The predicted octanol–water partition coefficient (Wildman–Crippen LogP) is 1.08. The lowest BCUT2D eigenvalue weighted by Gasteiger charge is -1.96. The van der Waals surface area contributed by atoms with E-state index in [-0.39, 0.29) is 11.8 Å². The van der Waals surface area contributed by atoms with Crippen molar-refractivity contribution in [2.45, 2.75) is 20.3 Å². The van der Waals surface area contributed by atoms with E-state index in [1.54, 1.807) is 13.0 Å². The Morgan fingerprint density at radius 3 is 2.27 bits per heavy atom. The molecule has 0 aliphatic carbocycles. The maximum absolute atomic E-state index is 10.7. The van der Waals surface area contributed by atoms with E-state index in [9.17, 15) is 9.59 Å². The lowest BCUT2D eigenvalue weighted by molar-refractivity contribution is -0.136. The van der Waals surface area contributed by atoms with Crippen molar-refractivity contribution in [3.05, 3.63) is 11.6 Å². The van der Waals surface area contributed by atoms with Crippen LogP contribution in [0.4, 0.5) is 0 Å². The van der Waals surface area contributed by atoms with E-state index in [1.807, 2.05) is 0 Å². The fourth-order valence-electron chi connectivity index (χ4n) is 0.541. The van der Waals surface area contributed by atoms with Crippen molar-refractivity contribution in [2.75, 3.05) is 7.11 Å². The average Bonchev–Trinajstić information content (AvgIpc) is 1.98. The first-order valence-corrected chi connectivity index (χ1v) is 3.32. The van der Waals surface area contributed by atoms with Crippen LogP contribution in [0.1, 0.15) is 20.3 Å². The Bertz CT molecular complexity index is 192. The van der Waals surface area contributed by atoms with Crippen LogP contribution in [0.2, 0.25) is 0 Å². The van der Waals surface area contributed by atoms with Gasteiger partial charge in [0.15, 0.2) is 0 Å². The van der Waals surface area contributed by atoms with Crippen LogP contribution in [0.5, 0.6) is 0 Å². The van der Waals surface area contributed by atoms with E-state index in [2.05, 4.69) is 4.74 Å². The normalized spacial score (nSPS) is 11.0. The fourth-order valence-corrected chi connectivity index (χ4v) is 0.541. The van der Waals surface area contributed by atoms with Gasteiger partial charge in [-0.05, 0) is 13.8 Å². The van der Waals surface area contributed by atoms with Crippen molar-refractivity contribution in [3.8, 4) is 0 Å². The maximum atomic E-state index is 10.7. The highest BCUT2D eigenvalue weighted by Gasteiger charge is 2.01. The zero-order valence-corrected chi connectivity index (χ0v) is 7.01. The van der Waals surface area contributed by atoms with Gasteiger partial charge in [0.1, 0.15) is 5.78 Å². The van der Waals surface area contributed by atoms with Crippen LogP contribution in [0.3, 0.4) is 0 Å². The molecule has 0 heterocycles. The molecule has 0 radical (unpaired) electrons. The molecule has 0 fully saturated rings. The molecule has 0 saturated carbocycles. The molecule has 0 aromatic carbocycles. The molecule has 0 bridgehead atoms. The molecule has 0 amide bonds. The molecule has 0 aliphatic heterocycles. The number of Topliss-reactive ketones (excluding diaryl/α,β-unsaturated/α-hetero) is 1. The minimum absolute atomic E-state index is 0.0354. The van der Waals surface area contributed by atoms with Crippen LogP contribution in [-0.4, -0.2) is 18.9 Å². The Morgan fingerprint density at radius 2 is 1.91 bits per heavy atom. The third-order valence-corrected chi connectivity index (χ3v) is 1.20. The van der Waals surface area contributed by atoms with Gasteiger partial charge in [-0.25, -0.2) is 4.79 Å². The summed E-state index contributed by atoms with van der Waals surface area (Å²) in [6.07, 6.45) is 1.86. The zero-order valence-electron chi connectivity index (χ0n) is 7.01. The molecule has 0 aromatic rings. The second-order valence-corrected chi connectivity index (χ2v) is 2.28. The average molecular weight is 156 g/mol. The summed E-state index contributed by atoms with van der Waals surface area (Å²) >= 11 is 0. The molecule has 3 nitrogen and oxygen atoms in total. The summed E-state index contributed by atoms with van der Waals surface area (Å²) in [5.41, 5.74) is 0.475. The summed E-state index contributed by atoms with van der Waals surface area (Å²) in [5.74, 6) is -0.348. The molecule has 0 aromatic heterocycles. The Hall–Kier alpha value is -1.12. The van der Waals surface area contributed by atoms with Crippen LogP contribution < -0.4 is 0 Å². The Kier molecular flexibility index (Phi) is 4.18. The largest absolute Gasteiger partial charge is 0.466 e. The van der Waals surface area contributed by atoms with Gasteiger partial charge < -0.3 is 4.74 Å². The molecular formula is C8H12O3. The van der Waals surface area contributed by atoms with E-state index in [4.69, 9.17) is 0 Å². The van der Waals surface area contributed by atoms with Crippen molar-refractivity contribution in [1.29, 1.82) is 0 Å². The van der Waals surface area contributed by atoms with E-state index in [1.165, 1.54) is 14.0 Å². The summed E-state index contributed by atoms with van der Waals surface area (Å²) in [4.78, 5) is 21.2. The number of ketones is 1. The second-order valence-electron chi connectivity index (χ2n) is 2.28. The fraction of sp³-hybridized carbons (Fsp3) is 0.500. The molecule has 0 spiro atoms. The molecule has 0 N–H and O–H groups in total. The number of carbonyl (C=O) groups is 2. The van der Waals surface area contributed by atoms with Gasteiger partial charge in [0.25, 0.3) is 0 Å². The Labute approximate surface area is 66.0 Å². The van der Waals surface area contributed by atoms with E-state index < -0.39 is 0 Å². The molecule has 0 aliphatic rings.